The summed E-state index contributed by atoms with van der Waals surface area (Å²) in [6, 6.07) is 26.2. The molecule has 0 atom stereocenters. The van der Waals surface area contributed by atoms with Crippen LogP contribution in [0.5, 0.6) is 0 Å². The lowest BCUT2D eigenvalue weighted by Crippen LogP contribution is -2.38. The first-order valence-corrected chi connectivity index (χ1v) is 15.2. The van der Waals surface area contributed by atoms with E-state index in [0.717, 1.165) is 8.78 Å². The summed E-state index contributed by atoms with van der Waals surface area (Å²) in [6.45, 7) is -0.563. The van der Waals surface area contributed by atoms with Crippen molar-refractivity contribution < 1.29 is 21.6 Å². The molecule has 0 spiro atoms. The lowest BCUT2D eigenvalue weighted by atomic mass is 10.3. The molecule has 0 radical (unpaired) electrons. The highest BCUT2D eigenvalue weighted by Gasteiger charge is 2.28. The average Bonchev–Trinajstić information content (AvgIpc) is 2.90. The van der Waals surface area contributed by atoms with Crippen LogP contribution in [0, 0.1) is 0 Å². The lowest BCUT2D eigenvalue weighted by molar-refractivity contribution is -0.114. The third kappa shape index (κ3) is 6.54. The van der Waals surface area contributed by atoms with Crippen LogP contribution in [0.25, 0.3) is 0 Å². The topological polar surface area (TPSA) is 113 Å². The van der Waals surface area contributed by atoms with Gasteiger partial charge in [-0.3, -0.25) is 13.8 Å². The van der Waals surface area contributed by atoms with Gasteiger partial charge in [0.25, 0.3) is 20.0 Å². The van der Waals surface area contributed by atoms with E-state index < -0.39 is 32.5 Å². The highest BCUT2D eigenvalue weighted by molar-refractivity contribution is 9.10. The number of rotatable bonds is 9. The van der Waals surface area contributed by atoms with Crippen molar-refractivity contribution in [1.29, 1.82) is 0 Å². The third-order valence-corrected chi connectivity index (χ3v) is 9.30. The van der Waals surface area contributed by atoms with Gasteiger partial charge in [-0.15, -0.1) is 0 Å². The van der Waals surface area contributed by atoms with E-state index in [9.17, 15) is 21.6 Å². The van der Waals surface area contributed by atoms with Gasteiger partial charge in [0.15, 0.2) is 0 Å². The molecular weight excluding hydrogens is 614 g/mol. The lowest BCUT2D eigenvalue weighted by Gasteiger charge is -2.25. The molecule has 2 N–H and O–H groups in total. The fraction of sp³-hybridized carbons (Fsp3) is 0.0385. The molecule has 0 aliphatic heterocycles. The van der Waals surface area contributed by atoms with E-state index in [-0.39, 0.29) is 26.2 Å². The Kier molecular flexibility index (Phi) is 8.41. The largest absolute Gasteiger partial charge is 0.325 e. The Bertz CT molecular complexity index is 1650. The summed E-state index contributed by atoms with van der Waals surface area (Å²) in [7, 11) is -7.99. The van der Waals surface area contributed by atoms with Crippen molar-refractivity contribution in [2.45, 2.75) is 9.79 Å². The second-order valence-corrected chi connectivity index (χ2v) is 12.8. The van der Waals surface area contributed by atoms with E-state index in [2.05, 4.69) is 26.0 Å². The quantitative estimate of drug-likeness (QED) is 0.244. The molecule has 0 heterocycles. The van der Waals surface area contributed by atoms with E-state index in [1.807, 2.05) is 0 Å². The highest BCUT2D eigenvalue weighted by Crippen LogP contribution is 2.30. The van der Waals surface area contributed by atoms with Crippen molar-refractivity contribution >= 4 is 70.5 Å². The van der Waals surface area contributed by atoms with Gasteiger partial charge in [-0.2, -0.15) is 0 Å². The molecule has 0 aliphatic carbocycles. The maximum absolute atomic E-state index is 13.4. The molecule has 0 aliphatic rings. The molecule has 4 aromatic carbocycles. The zero-order valence-corrected chi connectivity index (χ0v) is 23.6. The average molecular weight is 635 g/mol. The number of carbonyl (C=O) groups excluding carboxylic acids is 1. The number of nitrogens with zero attached hydrogens (tertiary/aromatic N) is 1. The Morgan fingerprint density at radius 1 is 0.737 bits per heavy atom. The molecule has 0 aromatic heterocycles. The summed E-state index contributed by atoms with van der Waals surface area (Å²) in [4.78, 5) is 12.9. The number of hydrogen-bond donors (Lipinski definition) is 2. The van der Waals surface area contributed by atoms with Crippen molar-refractivity contribution in [2.75, 3.05) is 20.9 Å². The molecule has 0 fully saturated rings. The minimum Gasteiger partial charge on any atom is -0.325 e. The molecule has 0 unspecified atom stereocenters. The number of sulfonamides is 2. The zero-order valence-electron chi connectivity index (χ0n) is 19.6. The summed E-state index contributed by atoms with van der Waals surface area (Å²) in [5.41, 5.74) is 0.826. The van der Waals surface area contributed by atoms with Gasteiger partial charge in [-0.1, -0.05) is 57.9 Å². The summed E-state index contributed by atoms with van der Waals surface area (Å²) in [5.74, 6) is -0.645. The third-order valence-electron chi connectivity index (χ3n) is 5.28. The summed E-state index contributed by atoms with van der Waals surface area (Å²) < 4.78 is 56.4. The molecule has 4 rings (SSSR count). The van der Waals surface area contributed by atoms with Gasteiger partial charge < -0.3 is 5.32 Å². The number of para-hydroxylation sites is 1. The van der Waals surface area contributed by atoms with Crippen LogP contribution in [0.15, 0.2) is 117 Å². The van der Waals surface area contributed by atoms with Crippen molar-refractivity contribution in [3.63, 3.8) is 0 Å². The van der Waals surface area contributed by atoms with Crippen molar-refractivity contribution in [3.8, 4) is 0 Å². The monoisotopic (exact) mass is 633 g/mol. The first kappa shape index (κ1) is 27.6. The minimum atomic E-state index is -4.13. The van der Waals surface area contributed by atoms with Crippen LogP contribution in [-0.2, 0) is 24.8 Å². The smallest absolute Gasteiger partial charge is 0.264 e. The van der Waals surface area contributed by atoms with Gasteiger partial charge in [0.1, 0.15) is 6.54 Å². The molecular formula is C26H21BrClN3O5S2. The van der Waals surface area contributed by atoms with Crippen molar-refractivity contribution in [3.05, 3.63) is 113 Å². The maximum atomic E-state index is 13.4. The fourth-order valence-electron chi connectivity index (χ4n) is 3.45. The first-order chi connectivity index (χ1) is 18.1. The number of carbonyl (C=O) groups is 1. The van der Waals surface area contributed by atoms with Crippen LogP contribution in [0.1, 0.15) is 0 Å². The number of hydrogen-bond acceptors (Lipinski definition) is 5. The van der Waals surface area contributed by atoms with Gasteiger partial charge in [-0.05, 0) is 72.8 Å². The predicted octanol–water partition coefficient (Wildman–Crippen LogP) is 5.74. The standard InChI is InChI=1S/C26H21BrClN3O5S2/c27-19-10-12-21(13-11-19)30-37(33,34)22-16-14-20(15-17-22)29-26(32)18-31(25-9-5-4-8-24(25)28)38(35,36)23-6-2-1-3-7-23/h1-17,30H,18H2,(H,29,32). The molecule has 0 bridgehead atoms. The van der Waals surface area contributed by atoms with Crippen LogP contribution in [0.4, 0.5) is 17.1 Å². The van der Waals surface area contributed by atoms with Crippen LogP contribution in [0.3, 0.4) is 0 Å². The molecule has 196 valence electrons. The molecule has 12 heteroatoms. The summed E-state index contributed by atoms with van der Waals surface area (Å²) in [5, 5.41) is 2.77. The number of benzene rings is 4. The Hall–Kier alpha value is -3.38. The van der Waals surface area contributed by atoms with Crippen LogP contribution >= 0.6 is 27.5 Å². The van der Waals surface area contributed by atoms with Crippen LogP contribution < -0.4 is 14.3 Å². The van der Waals surface area contributed by atoms with E-state index in [1.54, 1.807) is 54.6 Å². The SMILES string of the molecule is O=C(CN(c1ccccc1Cl)S(=O)(=O)c1ccccc1)Nc1ccc(S(=O)(=O)Nc2ccc(Br)cc2)cc1. The summed E-state index contributed by atoms with van der Waals surface area (Å²) in [6.07, 6.45) is 0. The number of nitrogens with one attached hydrogen (secondary N) is 2. The van der Waals surface area contributed by atoms with Gasteiger partial charge >= 0.3 is 0 Å². The van der Waals surface area contributed by atoms with Gasteiger partial charge in [0.2, 0.25) is 5.91 Å². The number of halogens is 2. The van der Waals surface area contributed by atoms with E-state index in [4.69, 9.17) is 11.6 Å². The second kappa shape index (κ2) is 11.6. The van der Waals surface area contributed by atoms with E-state index >= 15 is 0 Å². The Balaban J connectivity index is 1.52. The van der Waals surface area contributed by atoms with E-state index in [1.165, 1.54) is 48.5 Å². The molecule has 38 heavy (non-hydrogen) atoms. The van der Waals surface area contributed by atoms with Crippen molar-refractivity contribution in [2.24, 2.45) is 0 Å². The zero-order chi connectivity index (χ0) is 27.3. The highest BCUT2D eigenvalue weighted by atomic mass is 79.9. The molecule has 1 amide bonds. The van der Waals surface area contributed by atoms with Gasteiger partial charge in [0, 0.05) is 15.8 Å². The predicted molar refractivity (Wildman–Crippen MR) is 152 cm³/mol. The molecule has 4 aromatic rings. The van der Waals surface area contributed by atoms with Gasteiger partial charge in [-0.25, -0.2) is 16.8 Å². The van der Waals surface area contributed by atoms with Crippen LogP contribution in [-0.4, -0.2) is 29.3 Å². The van der Waals surface area contributed by atoms with Crippen molar-refractivity contribution in [1.82, 2.24) is 0 Å². The number of amides is 1. The number of anilines is 3. The second-order valence-electron chi connectivity index (χ2n) is 7.96. The summed E-state index contributed by atoms with van der Waals surface area (Å²) >= 11 is 9.58. The minimum absolute atomic E-state index is 0.000512. The molecule has 0 saturated carbocycles. The van der Waals surface area contributed by atoms with E-state index in [0.29, 0.717) is 5.69 Å². The first-order valence-electron chi connectivity index (χ1n) is 11.1. The Morgan fingerprint density at radius 2 is 1.32 bits per heavy atom. The molecule has 8 nitrogen and oxygen atoms in total. The molecule has 0 saturated heterocycles. The van der Waals surface area contributed by atoms with Crippen LogP contribution in [0.2, 0.25) is 5.02 Å². The van der Waals surface area contributed by atoms with Gasteiger partial charge in [0.05, 0.1) is 20.5 Å². The Labute approximate surface area is 234 Å². The normalized spacial score (nSPS) is 11.5. The maximum Gasteiger partial charge on any atom is 0.264 e. The fourth-order valence-corrected chi connectivity index (χ4v) is 6.53. The Morgan fingerprint density at radius 3 is 1.95 bits per heavy atom.